The van der Waals surface area contributed by atoms with E-state index in [1.165, 1.54) is 0 Å². The minimum Gasteiger partial charge on any atom is -0.507 e. The molecule has 0 bridgehead atoms. The van der Waals surface area contributed by atoms with E-state index in [0.717, 1.165) is 24.3 Å². The highest BCUT2D eigenvalue weighted by Crippen LogP contribution is 2.35. The lowest BCUT2D eigenvalue weighted by molar-refractivity contribution is -0.138. The summed E-state index contributed by atoms with van der Waals surface area (Å²) in [5, 5.41) is 17.4. The van der Waals surface area contributed by atoms with Crippen molar-refractivity contribution in [2.75, 3.05) is 0 Å². The van der Waals surface area contributed by atoms with Crippen molar-refractivity contribution in [3.8, 4) is 5.75 Å². The first-order chi connectivity index (χ1) is 7.30. The molecule has 0 fully saturated rings. The number of carbonyl (C=O) groups is 1. The maximum atomic E-state index is 12.2. The molecule has 0 radical (unpaired) electrons. The summed E-state index contributed by atoms with van der Waals surface area (Å²) in [7, 11) is 0. The summed E-state index contributed by atoms with van der Waals surface area (Å²) < 4.78 is 36.7. The third kappa shape index (κ3) is 3.01. The van der Waals surface area contributed by atoms with E-state index in [9.17, 15) is 18.0 Å². The molecule has 0 amide bonds. The van der Waals surface area contributed by atoms with Gasteiger partial charge < -0.3 is 10.2 Å². The van der Waals surface area contributed by atoms with Crippen molar-refractivity contribution in [1.29, 1.82) is 0 Å². The maximum absolute atomic E-state index is 12.2. The third-order valence-electron chi connectivity index (χ3n) is 1.75. The SMILES string of the molecule is O=C(O)/C=C\c1ccc(C(F)(F)F)c(O)c1. The van der Waals surface area contributed by atoms with Gasteiger partial charge in [-0.25, -0.2) is 4.79 Å². The number of hydrogen-bond donors (Lipinski definition) is 2. The number of halogens is 3. The molecule has 86 valence electrons. The highest BCUT2D eigenvalue weighted by atomic mass is 19.4. The van der Waals surface area contributed by atoms with E-state index < -0.39 is 23.5 Å². The van der Waals surface area contributed by atoms with Gasteiger partial charge in [0.05, 0.1) is 5.56 Å². The summed E-state index contributed by atoms with van der Waals surface area (Å²) in [4.78, 5) is 10.2. The summed E-state index contributed by atoms with van der Waals surface area (Å²) in [5.41, 5.74) is -0.979. The number of carboxylic acids is 1. The summed E-state index contributed by atoms with van der Waals surface area (Å²) in [6.07, 6.45) is -2.77. The number of phenols is 1. The molecule has 0 unspecified atom stereocenters. The van der Waals surface area contributed by atoms with Crippen LogP contribution in [-0.2, 0) is 11.0 Å². The molecule has 2 N–H and O–H groups in total. The van der Waals surface area contributed by atoms with Crippen LogP contribution in [0, 0.1) is 0 Å². The van der Waals surface area contributed by atoms with Crippen LogP contribution in [0.5, 0.6) is 5.75 Å². The molecule has 0 aliphatic heterocycles. The lowest BCUT2D eigenvalue weighted by atomic mass is 10.1. The molecular formula is C10H7F3O3. The van der Waals surface area contributed by atoms with Crippen LogP contribution in [0.15, 0.2) is 24.3 Å². The smallest absolute Gasteiger partial charge is 0.419 e. The normalized spacial score (nSPS) is 11.9. The Kier molecular flexibility index (Phi) is 3.22. The van der Waals surface area contributed by atoms with Gasteiger partial charge in [0.25, 0.3) is 0 Å². The third-order valence-corrected chi connectivity index (χ3v) is 1.75. The summed E-state index contributed by atoms with van der Waals surface area (Å²) in [6.45, 7) is 0. The fourth-order valence-electron chi connectivity index (χ4n) is 1.06. The largest absolute Gasteiger partial charge is 0.507 e. The predicted molar refractivity (Wildman–Crippen MR) is 49.8 cm³/mol. The number of alkyl halides is 3. The molecule has 0 aromatic heterocycles. The van der Waals surface area contributed by atoms with Crippen molar-refractivity contribution in [1.82, 2.24) is 0 Å². The molecule has 16 heavy (non-hydrogen) atoms. The van der Waals surface area contributed by atoms with Crippen LogP contribution in [0.4, 0.5) is 13.2 Å². The summed E-state index contributed by atoms with van der Waals surface area (Å²) >= 11 is 0. The number of hydrogen-bond acceptors (Lipinski definition) is 2. The highest BCUT2D eigenvalue weighted by Gasteiger charge is 2.33. The van der Waals surface area contributed by atoms with Gasteiger partial charge in [-0.15, -0.1) is 0 Å². The number of carboxylic acid groups (broad SMARTS) is 1. The summed E-state index contributed by atoms with van der Waals surface area (Å²) in [6, 6.07) is 2.61. The second kappa shape index (κ2) is 4.26. The van der Waals surface area contributed by atoms with Gasteiger partial charge >= 0.3 is 12.1 Å². The van der Waals surface area contributed by atoms with Crippen LogP contribution in [0.2, 0.25) is 0 Å². The molecular weight excluding hydrogens is 225 g/mol. The molecule has 0 saturated carbocycles. The zero-order valence-electron chi connectivity index (χ0n) is 7.82. The number of aromatic hydroxyl groups is 1. The van der Waals surface area contributed by atoms with E-state index in [-0.39, 0.29) is 5.56 Å². The molecule has 0 saturated heterocycles. The Morgan fingerprint density at radius 2 is 1.94 bits per heavy atom. The van der Waals surface area contributed by atoms with Gasteiger partial charge in [0.2, 0.25) is 0 Å². The van der Waals surface area contributed by atoms with Gasteiger partial charge in [0.1, 0.15) is 5.75 Å². The first-order valence-electron chi connectivity index (χ1n) is 4.12. The number of aliphatic carboxylic acids is 1. The van der Waals surface area contributed by atoms with Crippen LogP contribution in [0.3, 0.4) is 0 Å². The van der Waals surface area contributed by atoms with E-state index in [1.54, 1.807) is 0 Å². The van der Waals surface area contributed by atoms with E-state index in [0.29, 0.717) is 6.07 Å². The molecule has 0 heterocycles. The van der Waals surface area contributed by atoms with Crippen molar-refractivity contribution >= 4 is 12.0 Å². The molecule has 0 atom stereocenters. The van der Waals surface area contributed by atoms with Crippen molar-refractivity contribution in [3.63, 3.8) is 0 Å². The number of phenolic OH excluding ortho intramolecular Hbond substituents is 1. The Hall–Kier alpha value is -1.98. The fraction of sp³-hybridized carbons (Fsp3) is 0.100. The lowest BCUT2D eigenvalue weighted by Gasteiger charge is -2.08. The van der Waals surface area contributed by atoms with Crippen LogP contribution in [-0.4, -0.2) is 16.2 Å². The average Bonchev–Trinajstić information content (AvgIpc) is 2.12. The minimum atomic E-state index is -4.63. The molecule has 1 rings (SSSR count). The Labute approximate surface area is 88.4 Å². The van der Waals surface area contributed by atoms with Gasteiger partial charge in [0.15, 0.2) is 0 Å². The van der Waals surface area contributed by atoms with Crippen LogP contribution >= 0.6 is 0 Å². The van der Waals surface area contributed by atoms with Crippen molar-refractivity contribution < 1.29 is 28.2 Å². The fourth-order valence-corrected chi connectivity index (χ4v) is 1.06. The van der Waals surface area contributed by atoms with Crippen molar-refractivity contribution in [2.24, 2.45) is 0 Å². The van der Waals surface area contributed by atoms with Crippen molar-refractivity contribution in [2.45, 2.75) is 6.18 Å². The zero-order chi connectivity index (χ0) is 12.3. The maximum Gasteiger partial charge on any atom is 0.419 e. The van der Waals surface area contributed by atoms with Gasteiger partial charge in [-0.2, -0.15) is 13.2 Å². The van der Waals surface area contributed by atoms with E-state index in [4.69, 9.17) is 10.2 Å². The highest BCUT2D eigenvalue weighted by molar-refractivity contribution is 5.85. The van der Waals surface area contributed by atoms with Gasteiger partial charge in [-0.05, 0) is 23.8 Å². The Balaban J connectivity index is 3.05. The molecule has 1 aromatic rings. The first kappa shape index (κ1) is 12.1. The van der Waals surface area contributed by atoms with Gasteiger partial charge in [-0.3, -0.25) is 0 Å². The van der Waals surface area contributed by atoms with Crippen LogP contribution in [0.25, 0.3) is 6.08 Å². The zero-order valence-corrected chi connectivity index (χ0v) is 7.82. The monoisotopic (exact) mass is 232 g/mol. The Morgan fingerprint density at radius 3 is 2.38 bits per heavy atom. The van der Waals surface area contributed by atoms with E-state index in [1.807, 2.05) is 0 Å². The van der Waals surface area contributed by atoms with Gasteiger partial charge in [0, 0.05) is 6.08 Å². The molecule has 0 aliphatic carbocycles. The first-order valence-corrected chi connectivity index (χ1v) is 4.12. The second-order valence-corrected chi connectivity index (χ2v) is 2.95. The quantitative estimate of drug-likeness (QED) is 0.770. The van der Waals surface area contributed by atoms with E-state index >= 15 is 0 Å². The second-order valence-electron chi connectivity index (χ2n) is 2.95. The predicted octanol–water partition coefficient (Wildman–Crippen LogP) is 2.51. The van der Waals surface area contributed by atoms with E-state index in [2.05, 4.69) is 0 Å². The van der Waals surface area contributed by atoms with Gasteiger partial charge in [-0.1, -0.05) is 6.07 Å². The minimum absolute atomic E-state index is 0.174. The molecule has 1 aromatic carbocycles. The molecule has 3 nitrogen and oxygen atoms in total. The molecule has 6 heteroatoms. The molecule has 0 aliphatic rings. The topological polar surface area (TPSA) is 57.5 Å². The average molecular weight is 232 g/mol. The Bertz CT molecular complexity index is 435. The number of rotatable bonds is 2. The Morgan fingerprint density at radius 1 is 1.31 bits per heavy atom. The van der Waals surface area contributed by atoms with Crippen LogP contribution < -0.4 is 0 Å². The summed E-state index contributed by atoms with van der Waals surface area (Å²) in [5.74, 6) is -2.15. The van der Waals surface area contributed by atoms with Crippen molar-refractivity contribution in [3.05, 3.63) is 35.4 Å². The number of benzene rings is 1. The lowest BCUT2D eigenvalue weighted by Crippen LogP contribution is -2.04. The standard InChI is InChI=1S/C10H7F3O3/c11-10(12,13)7-3-1-6(5-8(7)14)2-4-9(15)16/h1-5,14H,(H,15,16)/b4-2-. The van der Waals surface area contributed by atoms with Crippen LogP contribution in [0.1, 0.15) is 11.1 Å². The molecule has 0 spiro atoms.